The summed E-state index contributed by atoms with van der Waals surface area (Å²) in [7, 11) is 0. The Morgan fingerprint density at radius 1 is 1.06 bits per heavy atom. The number of aliphatic hydroxyl groups is 1. The van der Waals surface area contributed by atoms with Gasteiger partial charge in [0.15, 0.2) is 16.8 Å². The van der Waals surface area contributed by atoms with Crippen LogP contribution in [0.15, 0.2) is 83.9 Å². The molecule has 2 heterocycles. The molecule has 174 valence electrons. The normalized spacial score (nSPS) is 23.8. The molecule has 0 spiro atoms. The molecule has 2 aliphatic heterocycles. The van der Waals surface area contributed by atoms with Crippen LogP contribution in [-0.4, -0.2) is 42.0 Å². The number of hydrogen-bond acceptors (Lipinski definition) is 5. The molecule has 0 aromatic heterocycles. The minimum Gasteiger partial charge on any atom is -0.394 e. The highest BCUT2D eigenvalue weighted by molar-refractivity contribution is 8.15. The number of rotatable bonds is 4. The second-order valence-corrected chi connectivity index (χ2v) is 9.49. The first-order chi connectivity index (χ1) is 16.5. The van der Waals surface area contributed by atoms with Gasteiger partial charge in [0.05, 0.1) is 29.8 Å². The van der Waals surface area contributed by atoms with Crippen molar-refractivity contribution in [1.82, 2.24) is 0 Å². The standard InChI is InChI=1S/C26H22F2N2O3S/c27-21-13-7-12-19(23(21)28)26-16-33-22(15-31)20(26)14-29-25(34-26)30(18-10-5-2-6-11-18)24(32)17-8-3-1-4-9-17/h1-13,20,22,31H,14-16H2/t20-,22+,26+/m0/s1. The lowest BCUT2D eigenvalue weighted by atomic mass is 9.83. The summed E-state index contributed by atoms with van der Waals surface area (Å²) < 4.78 is 34.2. The van der Waals surface area contributed by atoms with Gasteiger partial charge in [-0.25, -0.2) is 8.78 Å². The van der Waals surface area contributed by atoms with Gasteiger partial charge in [0, 0.05) is 23.6 Å². The number of amidine groups is 1. The van der Waals surface area contributed by atoms with Crippen molar-refractivity contribution < 1.29 is 23.4 Å². The number of para-hydroxylation sites is 1. The van der Waals surface area contributed by atoms with Gasteiger partial charge in [-0.3, -0.25) is 14.7 Å². The van der Waals surface area contributed by atoms with Gasteiger partial charge in [-0.05, 0) is 30.3 Å². The van der Waals surface area contributed by atoms with E-state index in [1.54, 1.807) is 36.4 Å². The van der Waals surface area contributed by atoms with Crippen LogP contribution in [0.2, 0.25) is 0 Å². The molecule has 0 unspecified atom stereocenters. The number of thioether (sulfide) groups is 1. The molecule has 2 aliphatic rings. The lowest BCUT2D eigenvalue weighted by molar-refractivity contribution is 0.0414. The van der Waals surface area contributed by atoms with Gasteiger partial charge in [-0.1, -0.05) is 60.3 Å². The molecular formula is C26H22F2N2O3S. The molecule has 3 aromatic rings. The van der Waals surface area contributed by atoms with Crippen molar-refractivity contribution >= 4 is 28.5 Å². The number of carbonyl (C=O) groups excluding carboxylic acids is 1. The van der Waals surface area contributed by atoms with E-state index >= 15 is 4.39 Å². The van der Waals surface area contributed by atoms with E-state index in [0.717, 1.165) is 6.07 Å². The number of fused-ring (bicyclic) bond motifs is 1. The Labute approximate surface area is 200 Å². The van der Waals surface area contributed by atoms with Crippen LogP contribution in [0.1, 0.15) is 15.9 Å². The van der Waals surface area contributed by atoms with Crippen LogP contribution in [0.25, 0.3) is 0 Å². The van der Waals surface area contributed by atoms with Crippen LogP contribution in [0.4, 0.5) is 14.5 Å². The molecule has 0 aliphatic carbocycles. The van der Waals surface area contributed by atoms with Crippen molar-refractivity contribution in [1.29, 1.82) is 0 Å². The van der Waals surface area contributed by atoms with Crippen LogP contribution in [-0.2, 0) is 9.48 Å². The quantitative estimate of drug-likeness (QED) is 0.592. The SMILES string of the molecule is O=C(c1ccccc1)N(C1=NC[C@H]2[C@@H](CO)OC[C@]2(c2cccc(F)c2F)S1)c1ccccc1. The van der Waals surface area contributed by atoms with Gasteiger partial charge in [0.25, 0.3) is 5.91 Å². The number of aliphatic hydroxyl groups excluding tert-OH is 1. The Hall–Kier alpha value is -3.07. The van der Waals surface area contributed by atoms with Crippen molar-refractivity contribution in [3.63, 3.8) is 0 Å². The molecule has 1 N–H and O–H groups in total. The maximum Gasteiger partial charge on any atom is 0.264 e. The van der Waals surface area contributed by atoms with Gasteiger partial charge in [0.2, 0.25) is 0 Å². The summed E-state index contributed by atoms with van der Waals surface area (Å²) in [5.74, 6) is -2.59. The topological polar surface area (TPSA) is 62.1 Å². The number of anilines is 1. The van der Waals surface area contributed by atoms with Crippen LogP contribution in [0, 0.1) is 17.6 Å². The van der Waals surface area contributed by atoms with Crippen LogP contribution < -0.4 is 4.90 Å². The number of hydrogen-bond donors (Lipinski definition) is 1. The van der Waals surface area contributed by atoms with Crippen LogP contribution >= 0.6 is 11.8 Å². The Morgan fingerprint density at radius 2 is 1.76 bits per heavy atom. The van der Waals surface area contributed by atoms with Gasteiger partial charge in [0.1, 0.15) is 0 Å². The monoisotopic (exact) mass is 480 g/mol. The smallest absolute Gasteiger partial charge is 0.264 e. The minimum absolute atomic E-state index is 0.0507. The second-order valence-electron chi connectivity index (χ2n) is 8.20. The molecule has 8 heteroatoms. The Bertz CT molecular complexity index is 1230. The predicted molar refractivity (Wildman–Crippen MR) is 128 cm³/mol. The number of aliphatic imine (C=N–C) groups is 1. The Morgan fingerprint density at radius 3 is 2.47 bits per heavy atom. The highest BCUT2D eigenvalue weighted by Crippen LogP contribution is 2.54. The van der Waals surface area contributed by atoms with Crippen LogP contribution in [0.3, 0.4) is 0 Å². The fourth-order valence-electron chi connectivity index (χ4n) is 4.56. The number of nitrogens with zero attached hydrogens (tertiary/aromatic N) is 2. The van der Waals surface area contributed by atoms with Crippen molar-refractivity contribution in [3.8, 4) is 0 Å². The number of carbonyl (C=O) groups is 1. The summed E-state index contributed by atoms with van der Waals surface area (Å²) in [4.78, 5) is 19.8. The molecule has 5 nitrogen and oxygen atoms in total. The van der Waals surface area contributed by atoms with E-state index in [0.29, 0.717) is 16.4 Å². The molecule has 5 rings (SSSR count). The molecule has 1 amide bonds. The van der Waals surface area contributed by atoms with Gasteiger partial charge >= 0.3 is 0 Å². The highest BCUT2D eigenvalue weighted by atomic mass is 32.2. The highest BCUT2D eigenvalue weighted by Gasteiger charge is 2.56. The third-order valence-electron chi connectivity index (χ3n) is 6.27. The van der Waals surface area contributed by atoms with Gasteiger partial charge in [-0.15, -0.1) is 0 Å². The van der Waals surface area contributed by atoms with E-state index in [-0.39, 0.29) is 31.2 Å². The van der Waals surface area contributed by atoms with E-state index in [1.807, 2.05) is 24.3 Å². The molecule has 0 saturated carbocycles. The predicted octanol–water partition coefficient (Wildman–Crippen LogP) is 4.62. The van der Waals surface area contributed by atoms with Gasteiger partial charge in [-0.2, -0.15) is 0 Å². The number of amides is 1. The fraction of sp³-hybridized carbons (Fsp3) is 0.231. The van der Waals surface area contributed by atoms with Crippen molar-refractivity contribution in [2.24, 2.45) is 10.9 Å². The van der Waals surface area contributed by atoms with E-state index < -0.39 is 28.4 Å². The summed E-state index contributed by atoms with van der Waals surface area (Å²) in [6.45, 7) is -0.0237. The molecule has 0 radical (unpaired) electrons. The fourth-order valence-corrected chi connectivity index (χ4v) is 6.07. The first-order valence-electron chi connectivity index (χ1n) is 10.9. The molecule has 3 aromatic carbocycles. The van der Waals surface area contributed by atoms with Crippen molar-refractivity contribution in [2.45, 2.75) is 10.9 Å². The Kier molecular flexibility index (Phi) is 6.20. The Balaban J connectivity index is 1.62. The van der Waals surface area contributed by atoms with E-state index in [9.17, 15) is 14.3 Å². The second kappa shape index (κ2) is 9.29. The zero-order chi connectivity index (χ0) is 23.7. The first-order valence-corrected chi connectivity index (χ1v) is 11.7. The van der Waals surface area contributed by atoms with E-state index in [1.165, 1.54) is 28.8 Å². The summed E-state index contributed by atoms with van der Waals surface area (Å²) in [5.41, 5.74) is 1.22. The number of halogens is 2. The zero-order valence-electron chi connectivity index (χ0n) is 18.1. The third kappa shape index (κ3) is 3.81. The average Bonchev–Trinajstić information content (AvgIpc) is 3.26. The molecule has 34 heavy (non-hydrogen) atoms. The number of benzene rings is 3. The minimum atomic E-state index is -1.05. The third-order valence-corrected chi connectivity index (χ3v) is 7.77. The van der Waals surface area contributed by atoms with Crippen molar-refractivity contribution in [2.75, 3.05) is 24.7 Å². The molecule has 0 bridgehead atoms. The molecule has 1 fully saturated rings. The van der Waals surface area contributed by atoms with Crippen molar-refractivity contribution in [3.05, 3.63) is 102 Å². The first kappa shape index (κ1) is 22.7. The number of ether oxygens (including phenoxy) is 1. The maximum absolute atomic E-state index is 15.1. The van der Waals surface area contributed by atoms with Crippen LogP contribution in [0.5, 0.6) is 0 Å². The average molecular weight is 481 g/mol. The summed E-state index contributed by atoms with van der Waals surface area (Å²) in [5, 5.41) is 10.2. The zero-order valence-corrected chi connectivity index (χ0v) is 18.9. The summed E-state index contributed by atoms with van der Waals surface area (Å²) in [6.07, 6.45) is -0.574. The lowest BCUT2D eigenvalue weighted by Gasteiger charge is -2.40. The summed E-state index contributed by atoms with van der Waals surface area (Å²) in [6, 6.07) is 22.0. The van der Waals surface area contributed by atoms with Gasteiger partial charge < -0.3 is 9.84 Å². The van der Waals surface area contributed by atoms with E-state index in [2.05, 4.69) is 0 Å². The molecule has 1 saturated heterocycles. The summed E-state index contributed by atoms with van der Waals surface area (Å²) >= 11 is 1.18. The molecular weight excluding hydrogens is 458 g/mol. The largest absolute Gasteiger partial charge is 0.394 e. The lowest BCUT2D eigenvalue weighted by Crippen LogP contribution is -2.46. The molecule has 3 atom stereocenters. The van der Waals surface area contributed by atoms with E-state index in [4.69, 9.17) is 9.73 Å². The maximum atomic E-state index is 15.1.